The summed E-state index contributed by atoms with van der Waals surface area (Å²) in [6.45, 7) is 2.01. The lowest BCUT2D eigenvalue weighted by molar-refractivity contribution is -0.117. The lowest BCUT2D eigenvalue weighted by Crippen LogP contribution is -2.14. The van der Waals surface area contributed by atoms with Crippen LogP contribution in [0.4, 0.5) is 5.82 Å². The first-order valence-corrected chi connectivity index (χ1v) is 7.82. The summed E-state index contributed by atoms with van der Waals surface area (Å²) in [6.07, 6.45) is 5.59. The molecule has 0 saturated heterocycles. The smallest absolute Gasteiger partial charge is 0.228 e. The fourth-order valence-corrected chi connectivity index (χ4v) is 2.89. The average Bonchev–Trinajstić information content (AvgIpc) is 3.34. The number of aromatic nitrogens is 3. The molecule has 0 bridgehead atoms. The predicted molar refractivity (Wildman–Crippen MR) is 90.0 cm³/mol. The summed E-state index contributed by atoms with van der Waals surface area (Å²) in [5.41, 5.74) is 4.23. The SMILES string of the molecule is Cc1ncccc1-c1cc2cc(NC(=O)C3CC3)ncc2n1C. The van der Waals surface area contributed by atoms with Crippen molar-refractivity contribution in [1.82, 2.24) is 14.5 Å². The fraction of sp³-hybridized carbons (Fsp3) is 0.278. The van der Waals surface area contributed by atoms with E-state index in [1.54, 1.807) is 6.20 Å². The van der Waals surface area contributed by atoms with Gasteiger partial charge in [-0.1, -0.05) is 0 Å². The molecule has 3 aromatic heterocycles. The Labute approximate surface area is 134 Å². The Morgan fingerprint density at radius 1 is 1.30 bits per heavy atom. The summed E-state index contributed by atoms with van der Waals surface area (Å²) >= 11 is 0. The van der Waals surface area contributed by atoms with Crippen molar-refractivity contribution in [3.8, 4) is 11.3 Å². The van der Waals surface area contributed by atoms with E-state index in [0.717, 1.165) is 40.7 Å². The number of hydrogen-bond acceptors (Lipinski definition) is 3. The fourth-order valence-electron chi connectivity index (χ4n) is 2.89. The molecule has 23 heavy (non-hydrogen) atoms. The molecule has 4 rings (SSSR count). The number of carbonyl (C=O) groups is 1. The maximum atomic E-state index is 11.9. The van der Waals surface area contributed by atoms with Crippen LogP contribution in [0.2, 0.25) is 0 Å². The van der Waals surface area contributed by atoms with E-state index in [1.165, 1.54) is 0 Å². The van der Waals surface area contributed by atoms with Crippen molar-refractivity contribution in [2.75, 3.05) is 5.32 Å². The molecule has 1 aliphatic rings. The van der Waals surface area contributed by atoms with Gasteiger partial charge < -0.3 is 9.88 Å². The van der Waals surface area contributed by atoms with Crippen molar-refractivity contribution in [3.63, 3.8) is 0 Å². The normalized spacial score (nSPS) is 14.2. The zero-order valence-electron chi connectivity index (χ0n) is 13.2. The lowest BCUT2D eigenvalue weighted by atomic mass is 10.1. The molecule has 1 fully saturated rings. The van der Waals surface area contributed by atoms with Gasteiger partial charge in [0, 0.05) is 35.8 Å². The number of nitrogens with zero attached hydrogens (tertiary/aromatic N) is 3. The second-order valence-corrected chi connectivity index (χ2v) is 6.12. The van der Waals surface area contributed by atoms with E-state index in [4.69, 9.17) is 0 Å². The molecule has 1 aliphatic carbocycles. The number of amides is 1. The van der Waals surface area contributed by atoms with Crippen molar-refractivity contribution >= 4 is 22.6 Å². The van der Waals surface area contributed by atoms with Crippen LogP contribution >= 0.6 is 0 Å². The number of rotatable bonds is 3. The Hall–Kier alpha value is -2.69. The Balaban J connectivity index is 1.75. The summed E-state index contributed by atoms with van der Waals surface area (Å²) < 4.78 is 2.11. The van der Waals surface area contributed by atoms with E-state index in [2.05, 4.69) is 32.0 Å². The monoisotopic (exact) mass is 306 g/mol. The maximum absolute atomic E-state index is 11.9. The van der Waals surface area contributed by atoms with Gasteiger partial charge in [0.25, 0.3) is 0 Å². The van der Waals surface area contributed by atoms with Crippen LogP contribution < -0.4 is 5.32 Å². The van der Waals surface area contributed by atoms with Gasteiger partial charge in [-0.25, -0.2) is 4.98 Å². The molecule has 3 heterocycles. The highest BCUT2D eigenvalue weighted by molar-refractivity contribution is 5.96. The summed E-state index contributed by atoms with van der Waals surface area (Å²) in [7, 11) is 2.02. The Kier molecular flexibility index (Phi) is 3.15. The second kappa shape index (κ2) is 5.19. The van der Waals surface area contributed by atoms with Crippen LogP contribution in [0.3, 0.4) is 0 Å². The minimum absolute atomic E-state index is 0.0797. The summed E-state index contributed by atoms with van der Waals surface area (Å²) in [6, 6.07) is 8.07. The van der Waals surface area contributed by atoms with E-state index >= 15 is 0 Å². The Bertz CT molecular complexity index is 909. The standard InChI is InChI=1S/C18H18N4O/c1-11-14(4-3-7-19-11)15-8-13-9-17(20-10-16(13)22(15)2)21-18(23)12-5-6-12/h3-4,7-10,12H,5-6H2,1-2H3,(H,20,21,23). The van der Waals surface area contributed by atoms with Crippen LogP contribution in [-0.2, 0) is 11.8 Å². The lowest BCUT2D eigenvalue weighted by Gasteiger charge is -2.07. The van der Waals surface area contributed by atoms with Crippen LogP contribution in [0, 0.1) is 12.8 Å². The number of aryl methyl sites for hydroxylation is 2. The number of nitrogens with one attached hydrogen (secondary N) is 1. The zero-order valence-corrected chi connectivity index (χ0v) is 13.2. The Morgan fingerprint density at radius 2 is 2.13 bits per heavy atom. The minimum atomic E-state index is 0.0797. The first-order chi connectivity index (χ1) is 11.1. The van der Waals surface area contributed by atoms with Gasteiger partial charge in [-0.3, -0.25) is 9.78 Å². The summed E-state index contributed by atoms with van der Waals surface area (Å²) in [4.78, 5) is 20.6. The number of anilines is 1. The van der Waals surface area contributed by atoms with E-state index in [9.17, 15) is 4.79 Å². The van der Waals surface area contributed by atoms with E-state index < -0.39 is 0 Å². The molecule has 5 heteroatoms. The number of hydrogen-bond donors (Lipinski definition) is 1. The molecule has 1 amide bonds. The van der Waals surface area contributed by atoms with Crippen LogP contribution in [-0.4, -0.2) is 20.4 Å². The third-order valence-electron chi connectivity index (χ3n) is 4.41. The summed E-state index contributed by atoms with van der Waals surface area (Å²) in [5, 5.41) is 3.97. The van der Waals surface area contributed by atoms with Gasteiger partial charge >= 0.3 is 0 Å². The van der Waals surface area contributed by atoms with Gasteiger partial charge in [-0.2, -0.15) is 0 Å². The van der Waals surface area contributed by atoms with Gasteiger partial charge in [0.2, 0.25) is 5.91 Å². The highest BCUT2D eigenvalue weighted by atomic mass is 16.2. The van der Waals surface area contributed by atoms with Gasteiger partial charge in [-0.05, 0) is 44.0 Å². The minimum Gasteiger partial charge on any atom is -0.342 e. The van der Waals surface area contributed by atoms with Gasteiger partial charge in [0.1, 0.15) is 5.82 Å². The number of carbonyl (C=O) groups excluding carboxylic acids is 1. The molecule has 3 aromatic rings. The molecule has 5 nitrogen and oxygen atoms in total. The molecular weight excluding hydrogens is 288 g/mol. The van der Waals surface area contributed by atoms with Crippen molar-refractivity contribution in [3.05, 3.63) is 42.4 Å². The molecule has 0 spiro atoms. The van der Waals surface area contributed by atoms with Crippen LogP contribution in [0.1, 0.15) is 18.5 Å². The average molecular weight is 306 g/mol. The first kappa shape index (κ1) is 13.9. The van der Waals surface area contributed by atoms with Crippen LogP contribution in [0.5, 0.6) is 0 Å². The van der Waals surface area contributed by atoms with Gasteiger partial charge in [0.05, 0.1) is 17.4 Å². The van der Waals surface area contributed by atoms with Crippen molar-refractivity contribution in [2.45, 2.75) is 19.8 Å². The summed E-state index contributed by atoms with van der Waals surface area (Å²) in [5.74, 6) is 0.877. The van der Waals surface area contributed by atoms with Crippen LogP contribution in [0.25, 0.3) is 22.2 Å². The van der Waals surface area contributed by atoms with Gasteiger partial charge in [0.15, 0.2) is 0 Å². The van der Waals surface area contributed by atoms with Crippen molar-refractivity contribution < 1.29 is 4.79 Å². The van der Waals surface area contributed by atoms with Crippen molar-refractivity contribution in [2.24, 2.45) is 13.0 Å². The molecule has 0 unspecified atom stereocenters. The van der Waals surface area contributed by atoms with E-state index in [1.807, 2.05) is 32.3 Å². The molecule has 0 radical (unpaired) electrons. The van der Waals surface area contributed by atoms with Gasteiger partial charge in [-0.15, -0.1) is 0 Å². The molecule has 0 aliphatic heterocycles. The molecule has 116 valence electrons. The van der Waals surface area contributed by atoms with Crippen molar-refractivity contribution in [1.29, 1.82) is 0 Å². The maximum Gasteiger partial charge on any atom is 0.228 e. The van der Waals surface area contributed by atoms with E-state index in [0.29, 0.717) is 5.82 Å². The third kappa shape index (κ3) is 2.48. The molecular formula is C18H18N4O. The zero-order chi connectivity index (χ0) is 16.0. The molecule has 1 N–H and O–H groups in total. The largest absolute Gasteiger partial charge is 0.342 e. The Morgan fingerprint density at radius 3 is 2.87 bits per heavy atom. The third-order valence-corrected chi connectivity index (χ3v) is 4.41. The number of pyridine rings is 2. The molecule has 0 atom stereocenters. The highest BCUT2D eigenvalue weighted by Crippen LogP contribution is 2.31. The first-order valence-electron chi connectivity index (χ1n) is 7.82. The second-order valence-electron chi connectivity index (χ2n) is 6.12. The quantitative estimate of drug-likeness (QED) is 0.807. The van der Waals surface area contributed by atoms with Crippen LogP contribution in [0.15, 0.2) is 36.7 Å². The predicted octanol–water partition coefficient (Wildman–Crippen LogP) is 3.29. The molecule has 1 saturated carbocycles. The molecule has 0 aromatic carbocycles. The van der Waals surface area contributed by atoms with E-state index in [-0.39, 0.29) is 11.8 Å². The number of fused-ring (bicyclic) bond motifs is 1. The highest BCUT2D eigenvalue weighted by Gasteiger charge is 2.29. The topological polar surface area (TPSA) is 59.8 Å².